The second-order valence-electron chi connectivity index (χ2n) is 14.3. The Morgan fingerprint density at radius 1 is 0.547 bits per heavy atom. The van der Waals surface area contributed by atoms with Crippen molar-refractivity contribution in [3.8, 4) is 28.7 Å². The molecule has 250 valence electrons. The Hall–Kier alpha value is -6.89. The zero-order valence-corrected chi connectivity index (χ0v) is 29.6. The van der Waals surface area contributed by atoms with E-state index in [4.69, 9.17) is 0 Å². The number of rotatable bonds is 4. The van der Waals surface area contributed by atoms with Crippen LogP contribution in [-0.2, 0) is 5.41 Å². The highest BCUT2D eigenvalue weighted by Gasteiger charge is 2.38. The number of hydrogen-bond donors (Lipinski definition) is 0. The van der Waals surface area contributed by atoms with E-state index in [9.17, 15) is 0 Å². The van der Waals surface area contributed by atoms with Gasteiger partial charge in [0.15, 0.2) is 0 Å². The molecule has 7 aromatic carbocycles. The molecule has 0 saturated heterocycles. The zero-order chi connectivity index (χ0) is 35.5. The molecule has 3 heteroatoms. The van der Waals surface area contributed by atoms with Crippen molar-refractivity contribution in [1.82, 2.24) is 9.55 Å². The molecule has 0 amide bonds. The van der Waals surface area contributed by atoms with E-state index < -0.39 is 0 Å². The lowest BCUT2D eigenvalue weighted by molar-refractivity contribution is 0.663. The summed E-state index contributed by atoms with van der Waals surface area (Å²) in [5.74, 6) is 6.97. The van der Waals surface area contributed by atoms with E-state index in [-0.39, 0.29) is 5.41 Å². The molecule has 0 radical (unpaired) electrons. The van der Waals surface area contributed by atoms with Crippen LogP contribution in [0.1, 0.15) is 36.1 Å². The van der Waals surface area contributed by atoms with Crippen molar-refractivity contribution >= 4 is 49.8 Å². The highest BCUT2D eigenvalue weighted by Crippen LogP contribution is 2.53. The third kappa shape index (κ3) is 5.03. The average Bonchev–Trinajstić information content (AvgIpc) is 3.66. The molecule has 9 aromatic rings. The smallest absolute Gasteiger partial charge is 0.0722 e. The van der Waals surface area contributed by atoms with Crippen LogP contribution >= 0.6 is 0 Å². The molecule has 53 heavy (non-hydrogen) atoms. The third-order valence-electron chi connectivity index (χ3n) is 10.8. The first-order valence-corrected chi connectivity index (χ1v) is 18.1. The molecule has 0 spiro atoms. The Kier molecular flexibility index (Phi) is 7.06. The van der Waals surface area contributed by atoms with Crippen molar-refractivity contribution in [3.05, 3.63) is 198 Å². The van der Waals surface area contributed by atoms with Gasteiger partial charge in [0.2, 0.25) is 0 Å². The second kappa shape index (κ2) is 12.1. The minimum absolute atomic E-state index is 0.219. The lowest BCUT2D eigenvalue weighted by Crippen LogP contribution is -2.16. The number of hydrogen-bond acceptors (Lipinski definition) is 2. The standard InChI is InChI=1S/C50H35N3/c1-50(2)45-32-35(23-28-41(45)43-29-30-44-42-17-9-10-18-47(42)53(49(44)48(43)50)38-15-7-4-8-16-38)20-19-34-21-25-39(26-22-34)52(37-13-5-3-6-14-37)40-27-24-36-12-11-31-51-46(36)33-40/h3-18,21-33H,1-2H3. The average molecular weight is 678 g/mol. The largest absolute Gasteiger partial charge is 0.310 e. The normalized spacial score (nSPS) is 12.7. The van der Waals surface area contributed by atoms with Gasteiger partial charge in [-0.3, -0.25) is 4.98 Å². The Balaban J connectivity index is 1.01. The molecular formula is C50H35N3. The lowest BCUT2D eigenvalue weighted by atomic mass is 9.81. The Labute approximate surface area is 309 Å². The molecule has 10 rings (SSSR count). The van der Waals surface area contributed by atoms with Crippen LogP contribution in [0.15, 0.2) is 176 Å². The molecular weight excluding hydrogens is 643 g/mol. The van der Waals surface area contributed by atoms with Gasteiger partial charge in [-0.25, -0.2) is 0 Å². The number of nitrogens with zero attached hydrogens (tertiary/aromatic N) is 3. The molecule has 0 bridgehead atoms. The first-order chi connectivity index (χ1) is 26.0. The van der Waals surface area contributed by atoms with Gasteiger partial charge in [0, 0.05) is 61.6 Å². The van der Waals surface area contributed by atoms with Crippen LogP contribution < -0.4 is 4.90 Å². The van der Waals surface area contributed by atoms with Gasteiger partial charge >= 0.3 is 0 Å². The maximum atomic E-state index is 4.61. The molecule has 0 saturated carbocycles. The van der Waals surface area contributed by atoms with E-state index in [1.165, 1.54) is 49.7 Å². The van der Waals surface area contributed by atoms with E-state index in [0.717, 1.165) is 39.1 Å². The van der Waals surface area contributed by atoms with Gasteiger partial charge in [0.25, 0.3) is 0 Å². The van der Waals surface area contributed by atoms with E-state index in [1.807, 2.05) is 18.3 Å². The summed E-state index contributed by atoms with van der Waals surface area (Å²) in [6.45, 7) is 4.73. The quantitative estimate of drug-likeness (QED) is 0.173. The molecule has 0 unspecified atom stereocenters. The van der Waals surface area contributed by atoms with E-state index >= 15 is 0 Å². The molecule has 2 heterocycles. The van der Waals surface area contributed by atoms with E-state index in [1.54, 1.807) is 0 Å². The summed E-state index contributed by atoms with van der Waals surface area (Å²) in [5.41, 5.74) is 14.9. The number of para-hydroxylation sites is 3. The summed E-state index contributed by atoms with van der Waals surface area (Å²) in [4.78, 5) is 6.88. The second-order valence-corrected chi connectivity index (χ2v) is 14.3. The fourth-order valence-electron chi connectivity index (χ4n) is 8.32. The van der Waals surface area contributed by atoms with Gasteiger partial charge in [0.05, 0.1) is 16.6 Å². The van der Waals surface area contributed by atoms with Crippen molar-refractivity contribution < 1.29 is 0 Å². The number of anilines is 3. The minimum Gasteiger partial charge on any atom is -0.310 e. The highest BCUT2D eigenvalue weighted by atomic mass is 15.1. The molecule has 3 nitrogen and oxygen atoms in total. The van der Waals surface area contributed by atoms with Gasteiger partial charge in [-0.05, 0) is 107 Å². The Morgan fingerprint density at radius 2 is 1.23 bits per heavy atom. The van der Waals surface area contributed by atoms with Crippen LogP contribution in [0.2, 0.25) is 0 Å². The fourth-order valence-corrected chi connectivity index (χ4v) is 8.32. The zero-order valence-electron chi connectivity index (χ0n) is 29.6. The molecule has 1 aliphatic rings. The fraction of sp³-hybridized carbons (Fsp3) is 0.0600. The number of benzene rings is 7. The van der Waals surface area contributed by atoms with Gasteiger partial charge in [-0.15, -0.1) is 0 Å². The SMILES string of the molecule is CC1(C)c2cc(C#Cc3ccc(N(c4ccccc4)c4ccc5cccnc5c4)cc3)ccc2-c2ccc3c4ccccc4n(-c4ccccc4)c3c21. The van der Waals surface area contributed by atoms with Gasteiger partial charge in [-0.2, -0.15) is 0 Å². The van der Waals surface area contributed by atoms with Crippen LogP contribution in [0.5, 0.6) is 0 Å². The summed E-state index contributed by atoms with van der Waals surface area (Å²) in [6.07, 6.45) is 1.84. The van der Waals surface area contributed by atoms with Crippen molar-refractivity contribution in [3.63, 3.8) is 0 Å². The van der Waals surface area contributed by atoms with Crippen LogP contribution in [0, 0.1) is 11.8 Å². The topological polar surface area (TPSA) is 21.1 Å². The van der Waals surface area contributed by atoms with E-state index in [2.05, 4.69) is 198 Å². The maximum absolute atomic E-state index is 4.61. The van der Waals surface area contributed by atoms with Crippen molar-refractivity contribution in [2.24, 2.45) is 0 Å². The molecule has 0 atom stereocenters. The molecule has 0 fully saturated rings. The first kappa shape index (κ1) is 30.9. The minimum atomic E-state index is -0.219. The molecule has 0 N–H and O–H groups in total. The summed E-state index contributed by atoms with van der Waals surface area (Å²) in [5, 5.41) is 3.69. The first-order valence-electron chi connectivity index (χ1n) is 18.1. The van der Waals surface area contributed by atoms with Crippen LogP contribution in [0.25, 0.3) is 49.5 Å². The predicted octanol–water partition coefficient (Wildman–Crippen LogP) is 12.5. The lowest BCUT2D eigenvalue weighted by Gasteiger charge is -2.25. The summed E-state index contributed by atoms with van der Waals surface area (Å²) >= 11 is 0. The number of aromatic nitrogens is 2. The highest BCUT2D eigenvalue weighted by molar-refractivity contribution is 6.13. The van der Waals surface area contributed by atoms with Crippen molar-refractivity contribution in [1.29, 1.82) is 0 Å². The molecule has 1 aliphatic carbocycles. The maximum Gasteiger partial charge on any atom is 0.0722 e. The van der Waals surface area contributed by atoms with Crippen LogP contribution in [0.3, 0.4) is 0 Å². The van der Waals surface area contributed by atoms with E-state index in [0.29, 0.717) is 0 Å². The summed E-state index contributed by atoms with van der Waals surface area (Å²) < 4.78 is 2.46. The van der Waals surface area contributed by atoms with Crippen molar-refractivity contribution in [2.45, 2.75) is 19.3 Å². The van der Waals surface area contributed by atoms with Crippen molar-refractivity contribution in [2.75, 3.05) is 4.90 Å². The number of pyridine rings is 1. The number of fused-ring (bicyclic) bond motifs is 8. The monoisotopic (exact) mass is 677 g/mol. The molecule has 2 aromatic heterocycles. The predicted molar refractivity (Wildman–Crippen MR) is 221 cm³/mol. The van der Waals surface area contributed by atoms with Gasteiger partial charge in [-0.1, -0.05) is 111 Å². The van der Waals surface area contributed by atoms with Crippen LogP contribution in [-0.4, -0.2) is 9.55 Å². The Bertz CT molecular complexity index is 2910. The summed E-state index contributed by atoms with van der Waals surface area (Å²) in [6, 6.07) is 60.4. The molecule has 0 aliphatic heterocycles. The van der Waals surface area contributed by atoms with Crippen LogP contribution in [0.4, 0.5) is 17.1 Å². The Morgan fingerprint density at radius 3 is 2.06 bits per heavy atom. The van der Waals surface area contributed by atoms with Gasteiger partial charge in [0.1, 0.15) is 0 Å². The third-order valence-corrected chi connectivity index (χ3v) is 10.8. The summed E-state index contributed by atoms with van der Waals surface area (Å²) in [7, 11) is 0. The van der Waals surface area contributed by atoms with Gasteiger partial charge < -0.3 is 9.47 Å².